The van der Waals surface area contributed by atoms with Crippen LogP contribution in [0.3, 0.4) is 0 Å². The highest BCUT2D eigenvalue weighted by molar-refractivity contribution is 6.30. The SMILES string of the molecule is COC(=O)C[CH]C(C)Cc1cccnc1Cl. The van der Waals surface area contributed by atoms with E-state index in [0.717, 1.165) is 12.0 Å². The smallest absolute Gasteiger partial charge is 0.305 e. The summed E-state index contributed by atoms with van der Waals surface area (Å²) in [6.07, 6.45) is 4.70. The summed E-state index contributed by atoms with van der Waals surface area (Å²) in [5, 5.41) is 0.529. The Balaban J connectivity index is 2.43. The van der Waals surface area contributed by atoms with Crippen LogP contribution in [0.15, 0.2) is 18.3 Å². The summed E-state index contributed by atoms with van der Waals surface area (Å²) in [6.45, 7) is 2.03. The quantitative estimate of drug-likeness (QED) is 0.587. The maximum absolute atomic E-state index is 10.9. The van der Waals surface area contributed by atoms with Gasteiger partial charge in [0.25, 0.3) is 0 Å². The first kappa shape index (κ1) is 13.0. The van der Waals surface area contributed by atoms with E-state index in [9.17, 15) is 4.79 Å². The fourth-order valence-electron chi connectivity index (χ4n) is 1.38. The molecule has 0 N–H and O–H groups in total. The molecule has 0 aliphatic heterocycles. The molecule has 0 bridgehead atoms. The molecule has 1 atom stereocenters. The van der Waals surface area contributed by atoms with E-state index in [2.05, 4.69) is 9.72 Å². The second kappa shape index (κ2) is 6.48. The minimum absolute atomic E-state index is 0.218. The van der Waals surface area contributed by atoms with E-state index in [1.807, 2.05) is 25.5 Å². The number of nitrogens with zero attached hydrogens (tertiary/aromatic N) is 1. The van der Waals surface area contributed by atoms with Gasteiger partial charge in [-0.25, -0.2) is 4.98 Å². The Hall–Kier alpha value is -1.09. The van der Waals surface area contributed by atoms with Gasteiger partial charge in [0, 0.05) is 12.6 Å². The fourth-order valence-corrected chi connectivity index (χ4v) is 1.58. The van der Waals surface area contributed by atoms with Crippen molar-refractivity contribution in [1.29, 1.82) is 0 Å². The summed E-state index contributed by atoms with van der Waals surface area (Å²) in [5.74, 6) is 0.0462. The van der Waals surface area contributed by atoms with Crippen molar-refractivity contribution in [3.63, 3.8) is 0 Å². The zero-order valence-corrected chi connectivity index (χ0v) is 10.2. The number of carbonyl (C=O) groups is 1. The Bertz CT molecular complexity index is 355. The van der Waals surface area contributed by atoms with Gasteiger partial charge >= 0.3 is 5.97 Å². The molecule has 1 radical (unpaired) electrons. The second-order valence-corrected chi connectivity index (χ2v) is 4.01. The lowest BCUT2D eigenvalue weighted by Gasteiger charge is -2.10. The van der Waals surface area contributed by atoms with Crippen LogP contribution in [-0.4, -0.2) is 18.1 Å². The van der Waals surface area contributed by atoms with Crippen molar-refractivity contribution >= 4 is 17.6 Å². The van der Waals surface area contributed by atoms with Crippen molar-refractivity contribution in [2.75, 3.05) is 7.11 Å². The molecule has 4 heteroatoms. The van der Waals surface area contributed by atoms with Crippen molar-refractivity contribution in [2.45, 2.75) is 19.8 Å². The molecule has 1 aromatic rings. The van der Waals surface area contributed by atoms with Crippen LogP contribution >= 0.6 is 11.6 Å². The van der Waals surface area contributed by atoms with Gasteiger partial charge in [0.05, 0.1) is 7.11 Å². The van der Waals surface area contributed by atoms with Crippen LogP contribution in [0.5, 0.6) is 0 Å². The standard InChI is InChI=1S/C12H15ClNO2/c1-9(5-6-11(15)16-2)8-10-4-3-7-14-12(10)13/h3-5,7,9H,6,8H2,1-2H3. The lowest BCUT2D eigenvalue weighted by molar-refractivity contribution is -0.140. The summed E-state index contributed by atoms with van der Waals surface area (Å²) >= 11 is 5.94. The first-order valence-corrected chi connectivity index (χ1v) is 5.50. The Morgan fingerprint density at radius 3 is 3.06 bits per heavy atom. The average molecular weight is 241 g/mol. The molecule has 0 aromatic carbocycles. The topological polar surface area (TPSA) is 39.2 Å². The minimum Gasteiger partial charge on any atom is -0.469 e. The van der Waals surface area contributed by atoms with Crippen molar-refractivity contribution in [2.24, 2.45) is 5.92 Å². The first-order chi connectivity index (χ1) is 7.63. The fraction of sp³-hybridized carbons (Fsp3) is 0.417. The van der Waals surface area contributed by atoms with Gasteiger partial charge in [0.1, 0.15) is 5.15 Å². The highest BCUT2D eigenvalue weighted by Crippen LogP contribution is 2.18. The van der Waals surface area contributed by atoms with Gasteiger partial charge < -0.3 is 4.74 Å². The van der Waals surface area contributed by atoms with Gasteiger partial charge in [0.2, 0.25) is 0 Å². The number of esters is 1. The molecular formula is C12H15ClNO2. The third-order valence-electron chi connectivity index (χ3n) is 2.29. The van der Waals surface area contributed by atoms with E-state index in [1.54, 1.807) is 6.20 Å². The number of ether oxygens (including phenoxy) is 1. The zero-order valence-electron chi connectivity index (χ0n) is 9.44. The number of hydrogen-bond donors (Lipinski definition) is 0. The summed E-state index contributed by atoms with van der Waals surface area (Å²) < 4.78 is 4.57. The molecule has 0 spiro atoms. The highest BCUT2D eigenvalue weighted by Gasteiger charge is 2.10. The number of aromatic nitrogens is 1. The third-order valence-corrected chi connectivity index (χ3v) is 2.63. The van der Waals surface area contributed by atoms with Crippen LogP contribution in [0, 0.1) is 12.3 Å². The van der Waals surface area contributed by atoms with Gasteiger partial charge in [-0.3, -0.25) is 4.79 Å². The van der Waals surface area contributed by atoms with Gasteiger partial charge in [-0.15, -0.1) is 0 Å². The van der Waals surface area contributed by atoms with E-state index in [1.165, 1.54) is 7.11 Å². The minimum atomic E-state index is -0.218. The number of rotatable bonds is 5. The number of carbonyl (C=O) groups excluding carboxylic acids is 1. The summed E-state index contributed by atoms with van der Waals surface area (Å²) in [5.41, 5.74) is 0.998. The largest absolute Gasteiger partial charge is 0.469 e. The molecule has 0 aliphatic rings. The number of pyridine rings is 1. The molecule has 87 valence electrons. The molecule has 16 heavy (non-hydrogen) atoms. The zero-order chi connectivity index (χ0) is 12.0. The van der Waals surface area contributed by atoms with Crippen LogP contribution in [0.1, 0.15) is 18.9 Å². The summed E-state index contributed by atoms with van der Waals surface area (Å²) in [4.78, 5) is 14.9. The Labute approximate surface area is 101 Å². The van der Waals surface area contributed by atoms with Gasteiger partial charge in [-0.05, 0) is 30.4 Å². The van der Waals surface area contributed by atoms with Crippen molar-refractivity contribution < 1.29 is 9.53 Å². The van der Waals surface area contributed by atoms with Crippen LogP contribution in [0.25, 0.3) is 0 Å². The molecule has 0 aliphatic carbocycles. The number of methoxy groups -OCH3 is 1. The van der Waals surface area contributed by atoms with Crippen molar-refractivity contribution in [3.8, 4) is 0 Å². The summed E-state index contributed by atoms with van der Waals surface area (Å²) in [7, 11) is 1.39. The molecule has 0 saturated heterocycles. The van der Waals surface area contributed by atoms with Crippen molar-refractivity contribution in [3.05, 3.63) is 35.5 Å². The highest BCUT2D eigenvalue weighted by atomic mass is 35.5. The van der Waals surface area contributed by atoms with E-state index in [0.29, 0.717) is 11.6 Å². The predicted molar refractivity (Wildman–Crippen MR) is 63.0 cm³/mol. The lowest BCUT2D eigenvalue weighted by Crippen LogP contribution is -2.07. The van der Waals surface area contributed by atoms with Gasteiger partial charge in [0.15, 0.2) is 0 Å². The molecule has 1 unspecified atom stereocenters. The number of halogens is 1. The molecule has 1 aromatic heterocycles. The maximum Gasteiger partial charge on any atom is 0.305 e. The van der Waals surface area contributed by atoms with E-state index in [-0.39, 0.29) is 11.9 Å². The normalized spacial score (nSPS) is 12.2. The van der Waals surface area contributed by atoms with Gasteiger partial charge in [-0.2, -0.15) is 0 Å². The van der Waals surface area contributed by atoms with Crippen LogP contribution < -0.4 is 0 Å². The predicted octanol–water partition coefficient (Wildman–Crippen LogP) is 2.68. The molecular weight excluding hydrogens is 226 g/mol. The molecule has 1 rings (SSSR count). The second-order valence-electron chi connectivity index (χ2n) is 3.65. The monoisotopic (exact) mass is 240 g/mol. The molecule has 1 heterocycles. The lowest BCUT2D eigenvalue weighted by atomic mass is 9.98. The van der Waals surface area contributed by atoms with E-state index in [4.69, 9.17) is 11.6 Å². The third kappa shape index (κ3) is 4.19. The molecule has 0 saturated carbocycles. The Morgan fingerprint density at radius 2 is 2.44 bits per heavy atom. The Kier molecular flexibility index (Phi) is 5.26. The van der Waals surface area contributed by atoms with Crippen molar-refractivity contribution in [1.82, 2.24) is 4.98 Å². The van der Waals surface area contributed by atoms with E-state index < -0.39 is 0 Å². The van der Waals surface area contributed by atoms with Crippen LogP contribution in [0.2, 0.25) is 5.15 Å². The van der Waals surface area contributed by atoms with Crippen LogP contribution in [-0.2, 0) is 16.0 Å². The molecule has 0 fully saturated rings. The van der Waals surface area contributed by atoms with Gasteiger partial charge in [-0.1, -0.05) is 24.6 Å². The maximum atomic E-state index is 10.9. The molecule has 3 nitrogen and oxygen atoms in total. The average Bonchev–Trinajstić information content (AvgIpc) is 2.29. The van der Waals surface area contributed by atoms with Crippen LogP contribution in [0.4, 0.5) is 0 Å². The van der Waals surface area contributed by atoms with E-state index >= 15 is 0 Å². The molecule has 0 amide bonds. The Morgan fingerprint density at radius 1 is 1.69 bits per heavy atom. The number of hydrogen-bond acceptors (Lipinski definition) is 3. The first-order valence-electron chi connectivity index (χ1n) is 5.13. The summed E-state index contributed by atoms with van der Waals surface area (Å²) in [6, 6.07) is 3.80.